The Morgan fingerprint density at radius 1 is 1.35 bits per heavy atom. The van der Waals surface area contributed by atoms with E-state index < -0.39 is 40.8 Å². The van der Waals surface area contributed by atoms with Crippen molar-refractivity contribution in [1.29, 1.82) is 0 Å². The van der Waals surface area contributed by atoms with E-state index in [1.54, 1.807) is 0 Å². The average molecular weight is 542 g/mol. The van der Waals surface area contributed by atoms with Gasteiger partial charge in [-0.15, -0.1) is 46.2 Å². The van der Waals surface area contributed by atoms with E-state index in [9.17, 15) is 29.5 Å². The molecule has 7 N–H and O–H groups in total. The quantitative estimate of drug-likeness (QED) is 0.0984. The van der Waals surface area contributed by atoms with Crippen molar-refractivity contribution >= 4 is 80.7 Å². The molecule has 2 atom stereocenters. The fraction of sp³-hybridized carbons (Fsp3) is 0.235. The smallest absolute Gasteiger partial charge is 0.352 e. The van der Waals surface area contributed by atoms with Gasteiger partial charge in [-0.25, -0.2) is 14.8 Å². The number of primary amides is 1. The second-order valence-electron chi connectivity index (χ2n) is 6.78. The molecule has 13 nitrogen and oxygen atoms in total. The summed E-state index contributed by atoms with van der Waals surface area (Å²) in [5, 5.41) is 25.4. The summed E-state index contributed by atoms with van der Waals surface area (Å²) in [6.07, 6.45) is 0. The minimum absolute atomic E-state index is 0.0475. The first-order chi connectivity index (χ1) is 16.2. The van der Waals surface area contributed by atoms with Crippen LogP contribution in [-0.2, 0) is 14.4 Å². The molecule has 0 spiro atoms. The van der Waals surface area contributed by atoms with Gasteiger partial charge in [-0.1, -0.05) is 5.16 Å². The predicted molar refractivity (Wildman–Crippen MR) is 126 cm³/mol. The molecule has 2 aliphatic heterocycles. The largest absolute Gasteiger partial charge is 0.477 e. The Hall–Kier alpha value is -3.15. The zero-order chi connectivity index (χ0) is 24.6. The van der Waals surface area contributed by atoms with Crippen molar-refractivity contribution in [3.8, 4) is 0 Å². The molecule has 17 heteroatoms. The highest BCUT2D eigenvalue weighted by Crippen LogP contribution is 2.42. The first-order valence-corrected chi connectivity index (χ1v) is 13.0. The first kappa shape index (κ1) is 24.0. The third-order valence-corrected chi connectivity index (χ3v) is 8.98. The van der Waals surface area contributed by atoms with Crippen LogP contribution < -0.4 is 16.8 Å². The summed E-state index contributed by atoms with van der Waals surface area (Å²) in [4.78, 5) is 57.8. The van der Waals surface area contributed by atoms with Gasteiger partial charge >= 0.3 is 5.97 Å². The first-order valence-electron chi connectivity index (χ1n) is 9.23. The van der Waals surface area contributed by atoms with Crippen LogP contribution in [0.15, 0.2) is 31.5 Å². The summed E-state index contributed by atoms with van der Waals surface area (Å²) < 4.78 is 0.551. The lowest BCUT2D eigenvalue weighted by atomic mass is 10.0. The maximum absolute atomic E-state index is 12.8. The lowest BCUT2D eigenvalue weighted by molar-refractivity contribution is -0.150. The summed E-state index contributed by atoms with van der Waals surface area (Å²) >= 11 is 4.74. The monoisotopic (exact) mass is 541 g/mol. The molecule has 4 rings (SSSR count). The number of nitrogen functional groups attached to an aromatic ring is 1. The van der Waals surface area contributed by atoms with Gasteiger partial charge < -0.3 is 27.1 Å². The third kappa shape index (κ3) is 4.33. The molecule has 4 heterocycles. The van der Waals surface area contributed by atoms with E-state index >= 15 is 0 Å². The van der Waals surface area contributed by atoms with Crippen molar-refractivity contribution in [2.24, 2.45) is 10.9 Å². The number of anilines is 1. The molecule has 2 aromatic rings. The van der Waals surface area contributed by atoms with Gasteiger partial charge in [0.25, 0.3) is 17.7 Å². The van der Waals surface area contributed by atoms with E-state index in [1.807, 2.05) is 0 Å². The number of oxime groups is 1. The lowest BCUT2D eigenvalue weighted by Gasteiger charge is -2.49. The van der Waals surface area contributed by atoms with Gasteiger partial charge in [-0.3, -0.25) is 19.3 Å². The Balaban J connectivity index is 1.49. The normalized spacial score (nSPS) is 20.1. The maximum atomic E-state index is 12.8. The van der Waals surface area contributed by atoms with Crippen LogP contribution in [0.1, 0.15) is 16.2 Å². The molecule has 178 valence electrons. The molecular weight excluding hydrogens is 526 g/mol. The number of β-lactam (4-membered cyclic amide) rings is 1. The molecule has 3 amide bonds. The van der Waals surface area contributed by atoms with Crippen LogP contribution in [0, 0.1) is 0 Å². The van der Waals surface area contributed by atoms with Crippen molar-refractivity contribution in [3.63, 3.8) is 0 Å². The zero-order valence-electron chi connectivity index (χ0n) is 16.8. The number of carboxylic acid groups (broad SMARTS) is 1. The highest BCUT2D eigenvalue weighted by atomic mass is 32.2. The number of thioether (sulfide) groups is 2. The van der Waals surface area contributed by atoms with Gasteiger partial charge in [0.1, 0.15) is 22.8 Å². The Morgan fingerprint density at radius 3 is 2.74 bits per heavy atom. The lowest BCUT2D eigenvalue weighted by Crippen LogP contribution is -2.71. The molecule has 0 bridgehead atoms. The predicted octanol–water partition coefficient (Wildman–Crippen LogP) is -0.0101. The number of nitrogens with two attached hydrogens (primary N) is 2. The fourth-order valence-electron chi connectivity index (χ4n) is 3.27. The molecule has 0 radical (unpaired) electrons. The van der Waals surface area contributed by atoms with E-state index in [2.05, 4.69) is 20.4 Å². The van der Waals surface area contributed by atoms with E-state index in [4.69, 9.17) is 11.5 Å². The molecule has 1 saturated heterocycles. The number of fused-ring (bicyclic) bond motifs is 1. The average Bonchev–Trinajstić information content (AvgIpc) is 3.44. The summed E-state index contributed by atoms with van der Waals surface area (Å²) in [6.45, 7) is 0. The molecule has 2 aromatic heterocycles. The Labute approximate surface area is 207 Å². The van der Waals surface area contributed by atoms with E-state index in [0.29, 0.717) is 9.78 Å². The van der Waals surface area contributed by atoms with Gasteiger partial charge in [0.05, 0.1) is 9.72 Å². The Kier molecular flexibility index (Phi) is 6.78. The number of carbonyl (C=O) groups is 4. The zero-order valence-corrected chi connectivity index (χ0v) is 20.1. The molecule has 0 aromatic carbocycles. The summed E-state index contributed by atoms with van der Waals surface area (Å²) in [7, 11) is 0. The van der Waals surface area contributed by atoms with Gasteiger partial charge in [0.2, 0.25) is 0 Å². The molecule has 1 unspecified atom stereocenters. The van der Waals surface area contributed by atoms with Crippen molar-refractivity contribution in [3.05, 3.63) is 33.5 Å². The van der Waals surface area contributed by atoms with Crippen molar-refractivity contribution < 1.29 is 29.5 Å². The van der Waals surface area contributed by atoms with Crippen LogP contribution in [0.4, 0.5) is 5.13 Å². The number of hydrogen-bond acceptors (Lipinski definition) is 13. The van der Waals surface area contributed by atoms with Crippen molar-refractivity contribution in [1.82, 2.24) is 20.2 Å². The van der Waals surface area contributed by atoms with E-state index in [-0.39, 0.29) is 33.7 Å². The Bertz CT molecular complexity index is 1250. The highest BCUT2D eigenvalue weighted by molar-refractivity contribution is 8.02. The number of carboxylic acids is 1. The van der Waals surface area contributed by atoms with Gasteiger partial charge in [0, 0.05) is 16.9 Å². The van der Waals surface area contributed by atoms with E-state index in [1.165, 1.54) is 45.8 Å². The molecule has 34 heavy (non-hydrogen) atoms. The molecule has 0 aliphatic carbocycles. The van der Waals surface area contributed by atoms with E-state index in [0.717, 1.165) is 16.2 Å². The Morgan fingerprint density at radius 2 is 2.12 bits per heavy atom. The summed E-state index contributed by atoms with van der Waals surface area (Å²) in [5.41, 5.74) is 12.4. The number of nitrogens with zero attached hydrogens (tertiary/aromatic N) is 4. The van der Waals surface area contributed by atoms with Gasteiger partial charge in [0.15, 0.2) is 16.5 Å². The van der Waals surface area contributed by atoms with Crippen LogP contribution in [0.5, 0.6) is 0 Å². The van der Waals surface area contributed by atoms with Crippen LogP contribution in [0.2, 0.25) is 0 Å². The molecular formula is C17H15N7O6S4. The number of hydrogen-bond donors (Lipinski definition) is 5. The molecule has 0 saturated carbocycles. The number of amides is 3. The minimum atomic E-state index is -1.28. The van der Waals surface area contributed by atoms with Crippen LogP contribution in [-0.4, -0.2) is 77.5 Å². The van der Waals surface area contributed by atoms with Gasteiger partial charge in [-0.05, 0) is 5.57 Å². The number of aliphatic carboxylic acids is 1. The molecule has 1 fully saturated rings. The SMILES string of the molecule is NC(=O)c1ncsc1SCC1=C(C(=O)O)N2C(=O)C(NC(=O)/C(=N\O)c3csc(N)n3)[C@H]2SC1. The van der Waals surface area contributed by atoms with Crippen LogP contribution in [0.3, 0.4) is 0 Å². The molecule has 2 aliphatic rings. The number of carbonyl (C=O) groups excluding carboxylic acids is 3. The number of rotatable bonds is 8. The van der Waals surface area contributed by atoms with Crippen LogP contribution in [0.25, 0.3) is 0 Å². The number of thiazole rings is 2. The minimum Gasteiger partial charge on any atom is -0.477 e. The summed E-state index contributed by atoms with van der Waals surface area (Å²) in [5.74, 6) is -2.94. The standard InChI is InChI=1S/C17H15N7O6S4/c18-11(25)8-16(34-4-20-8)32-2-5-1-31-14-9(13(27)24(14)10(5)15(28)29)22-12(26)7(23-30)6-3-33-17(19)21-6/h3-4,9,14,30H,1-2H2,(H2,18,25)(H2,19,21)(H,22,26)(H,28,29)/b23-7-/t9?,14-/m1/s1. The van der Waals surface area contributed by atoms with Crippen molar-refractivity contribution in [2.75, 3.05) is 17.2 Å². The number of aromatic nitrogens is 2. The van der Waals surface area contributed by atoms with Gasteiger partial charge in [-0.2, -0.15) is 0 Å². The topological polar surface area (TPSA) is 214 Å². The van der Waals surface area contributed by atoms with Crippen molar-refractivity contribution in [2.45, 2.75) is 15.6 Å². The highest BCUT2D eigenvalue weighted by Gasteiger charge is 2.54. The van der Waals surface area contributed by atoms with Crippen LogP contribution >= 0.6 is 46.2 Å². The second kappa shape index (κ2) is 9.61. The fourth-order valence-corrected chi connectivity index (χ4v) is 7.22. The maximum Gasteiger partial charge on any atom is 0.352 e. The second-order valence-corrected chi connectivity index (χ2v) is 10.9. The summed E-state index contributed by atoms with van der Waals surface area (Å²) in [6, 6.07) is -1.02. The number of nitrogens with one attached hydrogen (secondary N) is 1. The third-order valence-electron chi connectivity index (χ3n) is 4.76.